The molecule has 0 heterocycles. The fourth-order valence-corrected chi connectivity index (χ4v) is 4.06. The van der Waals surface area contributed by atoms with Gasteiger partial charge < -0.3 is 0 Å². The molecule has 0 aliphatic heterocycles. The first-order chi connectivity index (χ1) is 28.2. The molecule has 7 aromatic carbocycles. The van der Waals surface area contributed by atoms with Gasteiger partial charge in [0.1, 0.15) is 52.4 Å². The molecule has 0 radical (unpaired) electrons. The smallest absolute Gasteiger partial charge is 0.161 e. The van der Waals surface area contributed by atoms with Gasteiger partial charge in [0.15, 0.2) is 11.6 Å². The number of hydrogen-bond donors (Lipinski definition) is 0. The Labute approximate surface area is 344 Å². The summed E-state index contributed by atoms with van der Waals surface area (Å²) in [5.41, 5.74) is 3.99. The summed E-state index contributed by atoms with van der Waals surface area (Å²) in [6.07, 6.45) is 0. The average Bonchev–Trinajstić information content (AvgIpc) is 3.20. The lowest BCUT2D eigenvalue weighted by Crippen LogP contribution is -1.85. The van der Waals surface area contributed by atoms with Crippen molar-refractivity contribution in [1.29, 1.82) is 0 Å². The van der Waals surface area contributed by atoms with E-state index in [-0.39, 0.29) is 28.8 Å². The van der Waals surface area contributed by atoms with Crippen LogP contribution in [0.15, 0.2) is 146 Å². The molecule has 0 spiro atoms. The first-order valence-electron chi connectivity index (χ1n) is 18.0. The first kappa shape index (κ1) is 51.8. The molecule has 7 rings (SSSR count). The second-order valence-corrected chi connectivity index (χ2v) is 12.8. The van der Waals surface area contributed by atoms with Crippen LogP contribution in [0.4, 0.5) is 48.3 Å². The number of rotatable bonds is 0. The van der Waals surface area contributed by atoms with Crippen molar-refractivity contribution in [3.63, 3.8) is 0 Å². The average molecular weight is 843 g/mol. The van der Waals surface area contributed by atoms with E-state index in [1.807, 2.05) is 26.0 Å². The molecule has 7 aromatic rings. The molecule has 0 fully saturated rings. The van der Waals surface area contributed by atoms with Crippen molar-refractivity contribution in [2.75, 3.05) is 0 Å². The molecule has 0 aliphatic carbocycles. The van der Waals surface area contributed by atoms with Crippen LogP contribution in [0.1, 0.15) is 38.9 Å². The number of aryl methyl sites for hydroxylation is 6. The predicted octanol–water partition coefficient (Wildman–Crippen LogP) is 15.5. The SMILES string of the molecule is Cc1c(F)cccc1F.Cc1cc(F)ccc1F.Cc1ccc(F)cc1.Cc1ccc(F)cc1F.Cc1cccc(F)c1.Cc1cccc(F)c1F.Cc1ccccc1F. The van der Waals surface area contributed by atoms with E-state index in [4.69, 9.17) is 0 Å². The molecule has 0 aromatic heterocycles. The molecule has 0 nitrogen and oxygen atoms in total. The van der Waals surface area contributed by atoms with Gasteiger partial charge in [-0.1, -0.05) is 72.3 Å². The molecular formula is C49H45F11. The molecule has 318 valence electrons. The zero-order valence-corrected chi connectivity index (χ0v) is 34.0. The monoisotopic (exact) mass is 842 g/mol. The van der Waals surface area contributed by atoms with Gasteiger partial charge in [-0.3, -0.25) is 0 Å². The Morgan fingerprint density at radius 2 is 0.683 bits per heavy atom. The second kappa shape index (κ2) is 27.5. The van der Waals surface area contributed by atoms with Crippen LogP contribution in [0.5, 0.6) is 0 Å². The minimum Gasteiger partial charge on any atom is -0.207 e. The summed E-state index contributed by atoms with van der Waals surface area (Å²) in [5.74, 6) is -4.76. The third-order valence-corrected chi connectivity index (χ3v) is 7.67. The van der Waals surface area contributed by atoms with Crippen molar-refractivity contribution >= 4 is 0 Å². The second-order valence-electron chi connectivity index (χ2n) is 12.8. The van der Waals surface area contributed by atoms with E-state index in [1.165, 1.54) is 93.6 Å². The van der Waals surface area contributed by atoms with E-state index < -0.39 is 40.7 Å². The first-order valence-corrected chi connectivity index (χ1v) is 18.0. The third-order valence-electron chi connectivity index (χ3n) is 7.67. The van der Waals surface area contributed by atoms with Gasteiger partial charge in [0, 0.05) is 11.6 Å². The van der Waals surface area contributed by atoms with Gasteiger partial charge in [-0.2, -0.15) is 0 Å². The van der Waals surface area contributed by atoms with E-state index in [9.17, 15) is 48.3 Å². The Balaban J connectivity index is 0.000000350. The van der Waals surface area contributed by atoms with E-state index >= 15 is 0 Å². The Hall–Kier alpha value is -6.23. The topological polar surface area (TPSA) is 0 Å². The minimum absolute atomic E-state index is 0.0810. The van der Waals surface area contributed by atoms with Crippen molar-refractivity contribution in [3.8, 4) is 0 Å². The maximum Gasteiger partial charge on any atom is 0.161 e. The molecule has 0 bridgehead atoms. The van der Waals surface area contributed by atoms with Gasteiger partial charge in [0.05, 0.1) is 0 Å². The molecule has 60 heavy (non-hydrogen) atoms. The quantitative estimate of drug-likeness (QED) is 0.133. The van der Waals surface area contributed by atoms with Gasteiger partial charge in [-0.25, -0.2) is 48.3 Å². The van der Waals surface area contributed by atoms with E-state index in [2.05, 4.69) is 0 Å². The van der Waals surface area contributed by atoms with Crippen LogP contribution in [0.2, 0.25) is 0 Å². The molecule has 0 atom stereocenters. The number of benzene rings is 7. The molecule has 0 aliphatic rings. The number of hydrogen-bond acceptors (Lipinski definition) is 0. The summed E-state index contributed by atoms with van der Waals surface area (Å²) in [5, 5.41) is 0. The van der Waals surface area contributed by atoms with Crippen LogP contribution in [-0.2, 0) is 0 Å². The predicted molar refractivity (Wildman–Crippen MR) is 218 cm³/mol. The van der Waals surface area contributed by atoms with Gasteiger partial charge in [-0.15, -0.1) is 0 Å². The van der Waals surface area contributed by atoms with Crippen LogP contribution in [0.25, 0.3) is 0 Å². The summed E-state index contributed by atoms with van der Waals surface area (Å²) in [4.78, 5) is 0. The molecular weight excluding hydrogens is 798 g/mol. The van der Waals surface area contributed by atoms with Gasteiger partial charge in [0.25, 0.3) is 0 Å². The third kappa shape index (κ3) is 21.5. The van der Waals surface area contributed by atoms with Gasteiger partial charge in [0.2, 0.25) is 0 Å². The van der Waals surface area contributed by atoms with Crippen molar-refractivity contribution in [3.05, 3.63) is 249 Å². The Morgan fingerprint density at radius 1 is 0.250 bits per heavy atom. The maximum absolute atomic E-state index is 12.4. The Morgan fingerprint density at radius 3 is 1.08 bits per heavy atom. The van der Waals surface area contributed by atoms with Crippen molar-refractivity contribution in [2.24, 2.45) is 0 Å². The molecule has 0 amide bonds. The lowest BCUT2D eigenvalue weighted by molar-refractivity contribution is 0.503. The summed E-state index contributed by atoms with van der Waals surface area (Å²) >= 11 is 0. The van der Waals surface area contributed by atoms with Crippen molar-refractivity contribution < 1.29 is 48.3 Å². The minimum atomic E-state index is -0.782. The lowest BCUT2D eigenvalue weighted by atomic mass is 10.2. The molecule has 0 N–H and O–H groups in total. The van der Waals surface area contributed by atoms with Gasteiger partial charge >= 0.3 is 0 Å². The van der Waals surface area contributed by atoms with Crippen LogP contribution < -0.4 is 0 Å². The zero-order valence-electron chi connectivity index (χ0n) is 34.0. The van der Waals surface area contributed by atoms with Crippen LogP contribution in [0.3, 0.4) is 0 Å². The molecule has 0 unspecified atom stereocenters. The highest BCUT2D eigenvalue weighted by Gasteiger charge is 2.01. The summed E-state index contributed by atoms with van der Waals surface area (Å²) in [6, 6.07) is 34.4. The maximum atomic E-state index is 12.4. The van der Waals surface area contributed by atoms with E-state index in [0.717, 1.165) is 41.5 Å². The van der Waals surface area contributed by atoms with Crippen LogP contribution in [-0.4, -0.2) is 0 Å². The normalized spacial score (nSPS) is 9.50. The van der Waals surface area contributed by atoms with Crippen LogP contribution >= 0.6 is 0 Å². The largest absolute Gasteiger partial charge is 0.207 e. The van der Waals surface area contributed by atoms with E-state index in [0.29, 0.717) is 22.3 Å². The highest BCUT2D eigenvalue weighted by Crippen LogP contribution is 2.11. The fourth-order valence-electron chi connectivity index (χ4n) is 4.06. The molecule has 0 saturated heterocycles. The highest BCUT2D eigenvalue weighted by atomic mass is 19.2. The van der Waals surface area contributed by atoms with E-state index in [1.54, 1.807) is 44.2 Å². The standard InChI is InChI=1S/4C7H6F2.3C7H7F/c1-5-4-6(8)2-3-7(5)9;1-5-2-3-6(8)4-7(5)9;1-5-6(8)3-2-4-7(5)9;1-5-3-2-4-6(8)7(5)9;1-6-2-4-7(8)5-3-6;1-6-3-2-4-7(8)5-6;1-6-4-2-3-5-7(6)8/h4*2-4H,1H3;3*2-5H,1H3. The Bertz CT molecular complexity index is 2120. The molecule has 11 heteroatoms. The summed E-state index contributed by atoms with van der Waals surface area (Å²) in [6.45, 7) is 11.6. The fraction of sp³-hybridized carbons (Fsp3) is 0.143. The summed E-state index contributed by atoms with van der Waals surface area (Å²) < 4.78 is 135. The summed E-state index contributed by atoms with van der Waals surface area (Å²) in [7, 11) is 0. The zero-order chi connectivity index (χ0) is 45.4. The van der Waals surface area contributed by atoms with Crippen molar-refractivity contribution in [1.82, 2.24) is 0 Å². The van der Waals surface area contributed by atoms with Crippen LogP contribution in [0, 0.1) is 112 Å². The van der Waals surface area contributed by atoms with Crippen molar-refractivity contribution in [2.45, 2.75) is 48.5 Å². The van der Waals surface area contributed by atoms with Gasteiger partial charge in [-0.05, 0) is 149 Å². The number of halogens is 11. The Kier molecular flexibility index (Phi) is 23.7. The highest BCUT2D eigenvalue weighted by molar-refractivity contribution is 5.20. The lowest BCUT2D eigenvalue weighted by Gasteiger charge is -1.94. The molecule has 0 saturated carbocycles.